The first-order valence-corrected chi connectivity index (χ1v) is 11.4. The molecule has 0 aromatic heterocycles. The summed E-state index contributed by atoms with van der Waals surface area (Å²) < 4.78 is 0. The topological polar surface area (TPSA) is 57.6 Å². The van der Waals surface area contributed by atoms with Crippen LogP contribution in [0.1, 0.15) is 28.3 Å². The first-order valence-electron chi connectivity index (χ1n) is 11.0. The van der Waals surface area contributed by atoms with Crippen molar-refractivity contribution in [2.75, 3.05) is 4.90 Å². The van der Waals surface area contributed by atoms with E-state index < -0.39 is 17.7 Å². The van der Waals surface area contributed by atoms with Gasteiger partial charge in [0.25, 0.3) is 11.7 Å². The molecule has 1 saturated heterocycles. The van der Waals surface area contributed by atoms with Crippen LogP contribution in [0.5, 0.6) is 0 Å². The van der Waals surface area contributed by atoms with E-state index in [2.05, 4.69) is 0 Å². The van der Waals surface area contributed by atoms with Crippen LogP contribution in [0.2, 0.25) is 5.02 Å². The molecule has 4 aromatic rings. The van der Waals surface area contributed by atoms with Gasteiger partial charge < -0.3 is 5.11 Å². The van der Waals surface area contributed by atoms with E-state index in [1.165, 1.54) is 4.90 Å². The van der Waals surface area contributed by atoms with E-state index in [-0.39, 0.29) is 11.3 Å². The molecule has 4 nitrogen and oxygen atoms in total. The molecule has 0 radical (unpaired) electrons. The average molecular weight is 468 g/mol. The molecule has 5 rings (SSSR count). The van der Waals surface area contributed by atoms with Crippen LogP contribution >= 0.6 is 11.6 Å². The van der Waals surface area contributed by atoms with Gasteiger partial charge in [-0.25, -0.2) is 0 Å². The van der Waals surface area contributed by atoms with E-state index in [1.807, 2.05) is 74.5 Å². The quantitative estimate of drug-likeness (QED) is 0.206. The van der Waals surface area contributed by atoms with Crippen LogP contribution in [0.25, 0.3) is 16.5 Å². The van der Waals surface area contributed by atoms with Crippen molar-refractivity contribution in [3.8, 4) is 0 Å². The molecule has 1 fully saturated rings. The van der Waals surface area contributed by atoms with Gasteiger partial charge in [-0.3, -0.25) is 14.5 Å². The summed E-state index contributed by atoms with van der Waals surface area (Å²) in [6.45, 7) is 3.79. The second-order valence-corrected chi connectivity index (χ2v) is 8.97. The smallest absolute Gasteiger partial charge is 0.300 e. The maximum Gasteiger partial charge on any atom is 0.300 e. The zero-order valence-corrected chi connectivity index (χ0v) is 19.5. The fourth-order valence-corrected chi connectivity index (χ4v) is 4.75. The van der Waals surface area contributed by atoms with Gasteiger partial charge in [0, 0.05) is 16.3 Å². The van der Waals surface area contributed by atoms with Crippen molar-refractivity contribution in [2.45, 2.75) is 19.9 Å². The molecule has 1 heterocycles. The highest BCUT2D eigenvalue weighted by Crippen LogP contribution is 2.44. The lowest BCUT2D eigenvalue weighted by molar-refractivity contribution is -0.132. The minimum Gasteiger partial charge on any atom is -0.507 e. The molecule has 34 heavy (non-hydrogen) atoms. The van der Waals surface area contributed by atoms with E-state index in [4.69, 9.17) is 11.6 Å². The molecule has 1 aliphatic heterocycles. The highest BCUT2D eigenvalue weighted by atomic mass is 35.5. The molecule has 5 heteroatoms. The Morgan fingerprint density at radius 3 is 2.35 bits per heavy atom. The number of aliphatic hydroxyl groups excluding tert-OH is 1. The maximum atomic E-state index is 13.5. The number of amides is 1. The number of Topliss-reactive ketones (excluding diaryl/α,β-unsaturated/α-hetero) is 1. The molecular weight excluding hydrogens is 446 g/mol. The van der Waals surface area contributed by atoms with Gasteiger partial charge in [0.1, 0.15) is 5.76 Å². The van der Waals surface area contributed by atoms with Crippen LogP contribution in [0.15, 0.2) is 90.5 Å². The van der Waals surface area contributed by atoms with Crippen molar-refractivity contribution in [3.63, 3.8) is 0 Å². The van der Waals surface area contributed by atoms with Crippen molar-refractivity contribution in [1.82, 2.24) is 0 Å². The van der Waals surface area contributed by atoms with E-state index in [0.29, 0.717) is 16.3 Å². The summed E-state index contributed by atoms with van der Waals surface area (Å²) in [5.74, 6) is -1.58. The Morgan fingerprint density at radius 1 is 0.882 bits per heavy atom. The molecule has 1 aliphatic rings. The lowest BCUT2D eigenvalue weighted by Crippen LogP contribution is -2.29. The van der Waals surface area contributed by atoms with Crippen molar-refractivity contribution in [1.29, 1.82) is 0 Å². The van der Waals surface area contributed by atoms with Crippen LogP contribution in [0.4, 0.5) is 5.69 Å². The Kier molecular flexibility index (Phi) is 5.46. The number of carbonyl (C=O) groups is 2. The summed E-state index contributed by atoms with van der Waals surface area (Å²) in [7, 11) is 0. The van der Waals surface area contributed by atoms with E-state index in [1.54, 1.807) is 24.3 Å². The minimum atomic E-state index is -0.799. The SMILES string of the molecule is Cc1ccc(C)c(/C(O)=C2\C(=O)C(=O)N(c3ccc(Cl)cc3)C2c2cccc3ccccc23)c1. The van der Waals surface area contributed by atoms with Crippen LogP contribution < -0.4 is 4.90 Å². The molecule has 1 N–H and O–H groups in total. The first-order chi connectivity index (χ1) is 16.4. The van der Waals surface area contributed by atoms with Crippen molar-refractivity contribution in [2.24, 2.45) is 0 Å². The Balaban J connectivity index is 1.83. The van der Waals surface area contributed by atoms with Gasteiger partial charge in [0.2, 0.25) is 0 Å². The van der Waals surface area contributed by atoms with Crippen molar-refractivity contribution < 1.29 is 14.7 Å². The van der Waals surface area contributed by atoms with Gasteiger partial charge in [-0.1, -0.05) is 71.8 Å². The molecule has 0 spiro atoms. The molecule has 4 aromatic carbocycles. The highest BCUT2D eigenvalue weighted by Gasteiger charge is 2.47. The number of aryl methyl sites for hydroxylation is 2. The van der Waals surface area contributed by atoms with E-state index >= 15 is 0 Å². The summed E-state index contributed by atoms with van der Waals surface area (Å²) in [5.41, 5.74) is 3.67. The number of aliphatic hydroxyl groups is 1. The number of hydrogen-bond acceptors (Lipinski definition) is 3. The van der Waals surface area contributed by atoms with Crippen molar-refractivity contribution in [3.05, 3.63) is 118 Å². The second-order valence-electron chi connectivity index (χ2n) is 8.53. The highest BCUT2D eigenvalue weighted by molar-refractivity contribution is 6.52. The fraction of sp³-hybridized carbons (Fsp3) is 0.103. The van der Waals surface area contributed by atoms with Crippen molar-refractivity contribution >= 4 is 45.5 Å². The summed E-state index contributed by atoms with van der Waals surface area (Å²) >= 11 is 6.09. The maximum absolute atomic E-state index is 13.5. The van der Waals surface area contributed by atoms with E-state index in [9.17, 15) is 14.7 Å². The van der Waals surface area contributed by atoms with Gasteiger partial charge >= 0.3 is 0 Å². The fourth-order valence-electron chi connectivity index (χ4n) is 4.62. The number of rotatable bonds is 3. The molecule has 0 bridgehead atoms. The second kappa shape index (κ2) is 8.47. The Morgan fingerprint density at radius 2 is 1.59 bits per heavy atom. The molecule has 168 valence electrons. The number of anilines is 1. The molecule has 1 amide bonds. The van der Waals surface area contributed by atoms with Crippen LogP contribution in [0, 0.1) is 13.8 Å². The van der Waals surface area contributed by atoms with Gasteiger partial charge in [-0.15, -0.1) is 0 Å². The summed E-state index contributed by atoms with van der Waals surface area (Å²) in [6.07, 6.45) is 0. The lowest BCUT2D eigenvalue weighted by atomic mass is 9.90. The largest absolute Gasteiger partial charge is 0.507 e. The lowest BCUT2D eigenvalue weighted by Gasteiger charge is -2.26. The van der Waals surface area contributed by atoms with Gasteiger partial charge in [-0.2, -0.15) is 0 Å². The van der Waals surface area contributed by atoms with Gasteiger partial charge in [0.05, 0.1) is 11.6 Å². The zero-order valence-electron chi connectivity index (χ0n) is 18.7. The predicted molar refractivity (Wildman–Crippen MR) is 136 cm³/mol. The average Bonchev–Trinajstić information content (AvgIpc) is 3.10. The number of benzene rings is 4. The Labute approximate surface area is 202 Å². The monoisotopic (exact) mass is 467 g/mol. The van der Waals surface area contributed by atoms with Gasteiger partial charge in [0.15, 0.2) is 0 Å². The third kappa shape index (κ3) is 3.57. The number of carbonyl (C=O) groups excluding carboxylic acids is 2. The van der Waals surface area contributed by atoms with Crippen LogP contribution in [0.3, 0.4) is 0 Å². The Bertz CT molecular complexity index is 1480. The number of fused-ring (bicyclic) bond motifs is 1. The third-order valence-corrected chi connectivity index (χ3v) is 6.57. The summed E-state index contributed by atoms with van der Waals surface area (Å²) in [6, 6.07) is 25.3. The van der Waals surface area contributed by atoms with Gasteiger partial charge in [-0.05, 0) is 66.1 Å². The number of nitrogens with zero attached hydrogens (tertiary/aromatic N) is 1. The number of hydrogen-bond donors (Lipinski definition) is 1. The van der Waals surface area contributed by atoms with Crippen LogP contribution in [-0.4, -0.2) is 16.8 Å². The summed E-state index contributed by atoms with van der Waals surface area (Å²) in [4.78, 5) is 28.3. The molecule has 1 atom stereocenters. The first kappa shape index (κ1) is 21.9. The molecule has 1 unspecified atom stereocenters. The zero-order chi connectivity index (χ0) is 24.0. The normalized spacial score (nSPS) is 17.5. The van der Waals surface area contributed by atoms with E-state index in [0.717, 1.165) is 27.5 Å². The standard InChI is InChI=1S/C29H22ClNO3/c1-17-10-11-18(2)24(16-17)27(32)25-26(23-9-5-7-19-6-3-4-8-22(19)23)31(29(34)28(25)33)21-14-12-20(30)13-15-21/h3-16,26,32H,1-2H3/b27-25+. The molecule has 0 saturated carbocycles. The predicted octanol–water partition coefficient (Wildman–Crippen LogP) is 6.74. The number of ketones is 1. The molecule has 0 aliphatic carbocycles. The minimum absolute atomic E-state index is 0.0741. The number of halogens is 1. The Hall–Kier alpha value is -3.89. The third-order valence-electron chi connectivity index (χ3n) is 6.32. The summed E-state index contributed by atoms with van der Waals surface area (Å²) in [5, 5.41) is 13.9. The molecular formula is C29H22ClNO3. The van der Waals surface area contributed by atoms with Crippen LogP contribution in [-0.2, 0) is 9.59 Å².